The third-order valence-electron chi connectivity index (χ3n) is 5.56. The molecule has 1 spiro atoms. The first kappa shape index (κ1) is 15.9. The van der Waals surface area contributed by atoms with Crippen LogP contribution in [0, 0.1) is 12.3 Å². The second kappa shape index (κ2) is 6.34. The summed E-state index contributed by atoms with van der Waals surface area (Å²) in [5.74, 6) is 0.242. The van der Waals surface area contributed by atoms with Crippen LogP contribution in [0.25, 0.3) is 0 Å². The number of hydrogen-bond donors (Lipinski definition) is 1. The lowest BCUT2D eigenvalue weighted by molar-refractivity contribution is -0.134. The first-order chi connectivity index (χ1) is 11.7. The van der Waals surface area contributed by atoms with Gasteiger partial charge in [0, 0.05) is 24.5 Å². The van der Waals surface area contributed by atoms with Crippen LogP contribution in [-0.4, -0.2) is 23.9 Å². The number of hydrogen-bond acceptors (Lipinski definition) is 3. The number of carbonyl (C=O) groups is 1. The van der Waals surface area contributed by atoms with E-state index < -0.39 is 0 Å². The second-order valence-corrected chi connectivity index (χ2v) is 8.25. The SMILES string of the molecule is Cc1ccsc1CN1CCCC2(Cc3ccccc3CNC2=O)C1. The predicted molar refractivity (Wildman–Crippen MR) is 98.0 cm³/mol. The van der Waals surface area contributed by atoms with Gasteiger partial charge in [-0.15, -0.1) is 11.3 Å². The van der Waals surface area contributed by atoms with Crippen LogP contribution in [0.15, 0.2) is 35.7 Å². The average molecular weight is 340 g/mol. The molecule has 1 aromatic carbocycles. The molecule has 2 aliphatic rings. The van der Waals surface area contributed by atoms with Gasteiger partial charge in [0.1, 0.15) is 0 Å². The van der Waals surface area contributed by atoms with Crippen molar-refractivity contribution in [3.05, 3.63) is 57.3 Å². The van der Waals surface area contributed by atoms with Gasteiger partial charge in [-0.3, -0.25) is 9.69 Å². The number of nitrogens with one attached hydrogen (secondary N) is 1. The van der Waals surface area contributed by atoms with Gasteiger partial charge in [0.15, 0.2) is 0 Å². The van der Waals surface area contributed by atoms with E-state index in [2.05, 4.69) is 52.9 Å². The van der Waals surface area contributed by atoms with Gasteiger partial charge in [0.2, 0.25) is 5.91 Å². The van der Waals surface area contributed by atoms with Gasteiger partial charge in [0.25, 0.3) is 0 Å². The molecule has 4 heteroatoms. The van der Waals surface area contributed by atoms with Crippen molar-refractivity contribution in [1.82, 2.24) is 10.2 Å². The minimum Gasteiger partial charge on any atom is -0.351 e. The smallest absolute Gasteiger partial charge is 0.228 e. The van der Waals surface area contributed by atoms with Gasteiger partial charge in [-0.2, -0.15) is 0 Å². The number of fused-ring (bicyclic) bond motifs is 1. The number of piperidine rings is 1. The van der Waals surface area contributed by atoms with Gasteiger partial charge in [-0.05, 0) is 60.9 Å². The Labute approximate surface area is 147 Å². The maximum Gasteiger partial charge on any atom is 0.228 e. The van der Waals surface area contributed by atoms with Crippen molar-refractivity contribution in [2.75, 3.05) is 13.1 Å². The highest BCUT2D eigenvalue weighted by Gasteiger charge is 2.43. The van der Waals surface area contributed by atoms with Crippen molar-refractivity contribution in [3.63, 3.8) is 0 Å². The van der Waals surface area contributed by atoms with Crippen LogP contribution in [0.2, 0.25) is 0 Å². The lowest BCUT2D eigenvalue weighted by atomic mass is 9.74. The molecule has 1 aromatic heterocycles. The van der Waals surface area contributed by atoms with Gasteiger partial charge in [-0.1, -0.05) is 24.3 Å². The predicted octanol–water partition coefficient (Wildman–Crippen LogP) is 3.51. The molecule has 24 heavy (non-hydrogen) atoms. The maximum absolute atomic E-state index is 12.9. The summed E-state index contributed by atoms with van der Waals surface area (Å²) < 4.78 is 0. The van der Waals surface area contributed by atoms with Crippen molar-refractivity contribution in [2.24, 2.45) is 5.41 Å². The monoisotopic (exact) mass is 340 g/mol. The quantitative estimate of drug-likeness (QED) is 0.907. The van der Waals surface area contributed by atoms with Crippen LogP contribution in [0.5, 0.6) is 0 Å². The van der Waals surface area contributed by atoms with Crippen LogP contribution in [0.3, 0.4) is 0 Å². The molecule has 0 aliphatic carbocycles. The van der Waals surface area contributed by atoms with E-state index in [0.717, 1.165) is 38.9 Å². The molecule has 0 saturated carbocycles. The Balaban J connectivity index is 1.59. The Bertz CT molecular complexity index is 754. The normalized spacial score (nSPS) is 24.5. The third-order valence-corrected chi connectivity index (χ3v) is 6.57. The van der Waals surface area contributed by atoms with E-state index in [0.29, 0.717) is 6.54 Å². The van der Waals surface area contributed by atoms with Crippen molar-refractivity contribution in [2.45, 2.75) is 39.3 Å². The summed E-state index contributed by atoms with van der Waals surface area (Å²) in [6.07, 6.45) is 2.96. The molecule has 2 aliphatic heterocycles. The fourth-order valence-corrected chi connectivity index (χ4v) is 5.12. The molecule has 126 valence electrons. The molecule has 3 heterocycles. The van der Waals surface area contributed by atoms with Crippen LogP contribution in [0.4, 0.5) is 0 Å². The van der Waals surface area contributed by atoms with Crippen molar-refractivity contribution in [3.8, 4) is 0 Å². The summed E-state index contributed by atoms with van der Waals surface area (Å²) in [5, 5.41) is 5.35. The summed E-state index contributed by atoms with van der Waals surface area (Å²) in [4.78, 5) is 16.9. The number of aryl methyl sites for hydroxylation is 1. The van der Waals surface area contributed by atoms with E-state index in [-0.39, 0.29) is 11.3 Å². The minimum atomic E-state index is -0.268. The van der Waals surface area contributed by atoms with Crippen molar-refractivity contribution < 1.29 is 4.79 Å². The van der Waals surface area contributed by atoms with E-state index in [1.54, 1.807) is 0 Å². The summed E-state index contributed by atoms with van der Waals surface area (Å²) in [5.41, 5.74) is 3.71. The Morgan fingerprint density at radius 1 is 1.25 bits per heavy atom. The molecule has 1 fully saturated rings. The molecule has 3 nitrogen and oxygen atoms in total. The number of amides is 1. The molecule has 4 rings (SSSR count). The Morgan fingerprint density at radius 2 is 2.08 bits per heavy atom. The summed E-state index contributed by atoms with van der Waals surface area (Å²) >= 11 is 1.83. The molecule has 2 aromatic rings. The van der Waals surface area contributed by atoms with Gasteiger partial charge in [-0.25, -0.2) is 0 Å². The molecule has 1 unspecified atom stereocenters. The standard InChI is InChI=1S/C20H24N2OS/c1-15-7-10-24-18(15)13-22-9-4-8-20(14-22)11-16-5-2-3-6-17(16)12-21-19(20)23/h2-3,5-7,10H,4,8-9,11-14H2,1H3,(H,21,23). The average Bonchev–Trinajstić information content (AvgIpc) is 2.93. The van der Waals surface area contributed by atoms with Crippen LogP contribution in [0.1, 0.15) is 34.4 Å². The second-order valence-electron chi connectivity index (χ2n) is 7.25. The molecule has 0 radical (unpaired) electrons. The fourth-order valence-electron chi connectivity index (χ4n) is 4.17. The number of likely N-dealkylation sites (tertiary alicyclic amines) is 1. The molecule has 1 amide bonds. The topological polar surface area (TPSA) is 32.3 Å². The van der Waals surface area contributed by atoms with E-state index in [9.17, 15) is 4.79 Å². The lowest BCUT2D eigenvalue weighted by Crippen LogP contribution is -2.51. The van der Waals surface area contributed by atoms with E-state index in [1.165, 1.54) is 21.6 Å². The number of thiophene rings is 1. The Hall–Kier alpha value is -1.65. The van der Waals surface area contributed by atoms with Crippen LogP contribution < -0.4 is 5.32 Å². The zero-order chi connectivity index (χ0) is 16.6. The maximum atomic E-state index is 12.9. The lowest BCUT2D eigenvalue weighted by Gasteiger charge is -2.41. The number of benzene rings is 1. The molecule has 1 atom stereocenters. The summed E-state index contributed by atoms with van der Waals surface area (Å²) in [7, 11) is 0. The van der Waals surface area contributed by atoms with E-state index in [1.807, 2.05) is 11.3 Å². The molecule has 1 N–H and O–H groups in total. The molecular weight excluding hydrogens is 316 g/mol. The summed E-state index contributed by atoms with van der Waals surface area (Å²) in [6.45, 7) is 5.78. The molecule has 0 bridgehead atoms. The minimum absolute atomic E-state index is 0.242. The van der Waals surface area contributed by atoms with E-state index in [4.69, 9.17) is 0 Å². The zero-order valence-electron chi connectivity index (χ0n) is 14.2. The van der Waals surface area contributed by atoms with Crippen LogP contribution >= 0.6 is 11.3 Å². The van der Waals surface area contributed by atoms with Crippen molar-refractivity contribution in [1.29, 1.82) is 0 Å². The van der Waals surface area contributed by atoms with Gasteiger partial charge < -0.3 is 5.32 Å². The zero-order valence-corrected chi connectivity index (χ0v) is 15.0. The van der Waals surface area contributed by atoms with Crippen molar-refractivity contribution >= 4 is 17.2 Å². The third kappa shape index (κ3) is 2.89. The largest absolute Gasteiger partial charge is 0.351 e. The number of rotatable bonds is 2. The number of nitrogens with zero attached hydrogens (tertiary/aromatic N) is 1. The number of carbonyl (C=O) groups excluding carboxylic acids is 1. The van der Waals surface area contributed by atoms with E-state index >= 15 is 0 Å². The highest BCUT2D eigenvalue weighted by atomic mass is 32.1. The van der Waals surface area contributed by atoms with Crippen LogP contribution in [-0.2, 0) is 24.3 Å². The summed E-state index contributed by atoms with van der Waals surface area (Å²) in [6, 6.07) is 10.7. The highest BCUT2D eigenvalue weighted by Crippen LogP contribution is 2.37. The molecular formula is C20H24N2OS. The first-order valence-corrected chi connectivity index (χ1v) is 9.65. The molecule has 1 saturated heterocycles. The fraction of sp³-hybridized carbons (Fsp3) is 0.450. The Kier molecular flexibility index (Phi) is 4.19. The Morgan fingerprint density at radius 3 is 2.88 bits per heavy atom. The first-order valence-electron chi connectivity index (χ1n) is 8.77. The van der Waals surface area contributed by atoms with Gasteiger partial charge in [0.05, 0.1) is 5.41 Å². The van der Waals surface area contributed by atoms with Gasteiger partial charge >= 0.3 is 0 Å². The highest BCUT2D eigenvalue weighted by molar-refractivity contribution is 7.10.